The van der Waals surface area contributed by atoms with Gasteiger partial charge in [0.05, 0.1) is 17.6 Å². The molecule has 2 heterocycles. The number of fused-ring (bicyclic) bond motifs is 1. The number of benzene rings is 3. The van der Waals surface area contributed by atoms with Gasteiger partial charge in [-0.05, 0) is 55.7 Å². The number of nitrogens with zero attached hydrogens (tertiary/aromatic N) is 3. The molecule has 0 bridgehead atoms. The molecular weight excluding hydrogens is 438 g/mol. The third kappa shape index (κ3) is 4.54. The summed E-state index contributed by atoms with van der Waals surface area (Å²) in [7, 11) is 0. The van der Waals surface area contributed by atoms with Crippen LogP contribution >= 0.6 is 0 Å². The van der Waals surface area contributed by atoms with Gasteiger partial charge in [0.2, 0.25) is 5.91 Å². The van der Waals surface area contributed by atoms with Gasteiger partial charge >= 0.3 is 0 Å². The van der Waals surface area contributed by atoms with Crippen molar-refractivity contribution in [1.29, 1.82) is 0 Å². The standard InChI is InChI=1S/C29H31N3O3/c1-19-9-4-6-13-25(19)31-16-22(15-27(31)34)29-30-24-12-5-7-14-26(24)32(29)17-23(33)18-35-28-20(2)10-8-11-21(28)3/h4-14,22-23,33H,15-18H2,1-3H3/t22-,23+/m1/s1. The number of aromatic nitrogens is 2. The average molecular weight is 470 g/mol. The van der Waals surface area contributed by atoms with Gasteiger partial charge in [0.1, 0.15) is 24.3 Å². The molecule has 6 nitrogen and oxygen atoms in total. The summed E-state index contributed by atoms with van der Waals surface area (Å²) in [4.78, 5) is 19.8. The molecule has 5 rings (SSSR count). The SMILES string of the molecule is Cc1ccccc1N1C[C@H](c2nc3ccccc3n2C[C@H](O)COc2c(C)cccc2C)CC1=O. The zero-order chi connectivity index (χ0) is 24.5. The predicted molar refractivity (Wildman–Crippen MR) is 138 cm³/mol. The normalized spacial score (nSPS) is 16.7. The molecule has 3 aromatic carbocycles. The summed E-state index contributed by atoms with van der Waals surface area (Å²) in [6.07, 6.45) is -0.331. The maximum Gasteiger partial charge on any atom is 0.227 e. The van der Waals surface area contributed by atoms with Crippen molar-refractivity contribution in [2.45, 2.75) is 45.8 Å². The second-order valence-electron chi connectivity index (χ2n) is 9.45. The van der Waals surface area contributed by atoms with Gasteiger partial charge in [-0.25, -0.2) is 4.98 Å². The Morgan fingerprint density at radius 2 is 1.66 bits per heavy atom. The second kappa shape index (κ2) is 9.55. The Morgan fingerprint density at radius 3 is 2.43 bits per heavy atom. The first-order valence-electron chi connectivity index (χ1n) is 12.1. The van der Waals surface area contributed by atoms with Crippen LogP contribution in [0.3, 0.4) is 0 Å². The summed E-state index contributed by atoms with van der Waals surface area (Å²) in [6, 6.07) is 21.9. The van der Waals surface area contributed by atoms with Crippen molar-refractivity contribution < 1.29 is 14.6 Å². The Hall–Kier alpha value is -3.64. The maximum absolute atomic E-state index is 13.0. The molecule has 35 heavy (non-hydrogen) atoms. The number of imidazole rings is 1. The minimum absolute atomic E-state index is 0.0544. The quantitative estimate of drug-likeness (QED) is 0.417. The molecule has 1 aliphatic rings. The number of aryl methyl sites for hydroxylation is 3. The number of amides is 1. The lowest BCUT2D eigenvalue weighted by Crippen LogP contribution is -2.27. The van der Waals surface area contributed by atoms with E-state index >= 15 is 0 Å². The number of ether oxygens (including phenoxy) is 1. The van der Waals surface area contributed by atoms with Crippen LogP contribution in [0.25, 0.3) is 11.0 Å². The topological polar surface area (TPSA) is 67.6 Å². The van der Waals surface area contributed by atoms with Gasteiger partial charge in [0.25, 0.3) is 0 Å². The molecule has 1 saturated heterocycles. The van der Waals surface area contributed by atoms with Gasteiger partial charge in [0.15, 0.2) is 0 Å². The number of carbonyl (C=O) groups excluding carboxylic acids is 1. The third-order valence-corrected chi connectivity index (χ3v) is 6.80. The second-order valence-corrected chi connectivity index (χ2v) is 9.45. The van der Waals surface area contributed by atoms with Gasteiger partial charge in [-0.15, -0.1) is 0 Å². The van der Waals surface area contributed by atoms with Gasteiger partial charge in [-0.2, -0.15) is 0 Å². The summed E-state index contributed by atoms with van der Waals surface area (Å²) in [5.74, 6) is 1.70. The Kier molecular flexibility index (Phi) is 6.31. The number of aliphatic hydroxyl groups is 1. The van der Waals surface area contributed by atoms with Crippen LogP contribution in [0.2, 0.25) is 0 Å². The van der Waals surface area contributed by atoms with Gasteiger partial charge < -0.3 is 19.3 Å². The molecule has 0 aliphatic carbocycles. The van der Waals surface area contributed by atoms with Crippen LogP contribution in [0.4, 0.5) is 5.69 Å². The Labute approximate surface area is 205 Å². The van der Waals surface area contributed by atoms with Crippen LogP contribution < -0.4 is 9.64 Å². The molecule has 180 valence electrons. The summed E-state index contributed by atoms with van der Waals surface area (Å²) in [5, 5.41) is 11.0. The fourth-order valence-electron chi connectivity index (χ4n) is 5.05. The summed E-state index contributed by atoms with van der Waals surface area (Å²) < 4.78 is 8.08. The Morgan fingerprint density at radius 1 is 0.971 bits per heavy atom. The molecule has 0 spiro atoms. The monoisotopic (exact) mass is 469 g/mol. The molecule has 2 atom stereocenters. The molecule has 1 amide bonds. The van der Waals surface area contributed by atoms with E-state index in [0.717, 1.165) is 45.0 Å². The van der Waals surface area contributed by atoms with Crippen molar-refractivity contribution in [3.05, 3.63) is 89.2 Å². The van der Waals surface area contributed by atoms with E-state index in [0.29, 0.717) is 19.5 Å². The van der Waals surface area contributed by atoms with E-state index in [-0.39, 0.29) is 18.4 Å². The first-order valence-corrected chi connectivity index (χ1v) is 12.1. The van der Waals surface area contributed by atoms with Gasteiger partial charge in [0, 0.05) is 24.6 Å². The summed E-state index contributed by atoms with van der Waals surface area (Å²) >= 11 is 0. The number of aliphatic hydroxyl groups excluding tert-OH is 1. The van der Waals surface area contributed by atoms with E-state index < -0.39 is 6.10 Å². The highest BCUT2D eigenvalue weighted by molar-refractivity contribution is 5.97. The molecule has 1 aliphatic heterocycles. The number of hydrogen-bond acceptors (Lipinski definition) is 4. The van der Waals surface area contributed by atoms with Crippen LogP contribution in [0.1, 0.15) is 34.9 Å². The highest BCUT2D eigenvalue weighted by Gasteiger charge is 2.35. The van der Waals surface area contributed by atoms with Gasteiger partial charge in [-0.1, -0.05) is 48.5 Å². The van der Waals surface area contributed by atoms with E-state index in [1.165, 1.54) is 0 Å². The largest absolute Gasteiger partial charge is 0.490 e. The van der Waals surface area contributed by atoms with Crippen LogP contribution in [0, 0.1) is 20.8 Å². The van der Waals surface area contributed by atoms with Crippen molar-refractivity contribution in [2.75, 3.05) is 18.1 Å². The lowest BCUT2D eigenvalue weighted by molar-refractivity contribution is -0.117. The first kappa shape index (κ1) is 23.1. The molecule has 4 aromatic rings. The maximum atomic E-state index is 13.0. The molecule has 6 heteroatoms. The number of hydrogen-bond donors (Lipinski definition) is 1. The lowest BCUT2D eigenvalue weighted by Gasteiger charge is -2.20. The zero-order valence-electron chi connectivity index (χ0n) is 20.4. The molecule has 0 saturated carbocycles. The van der Waals surface area contributed by atoms with Crippen molar-refractivity contribution in [3.63, 3.8) is 0 Å². The van der Waals surface area contributed by atoms with Crippen molar-refractivity contribution in [2.24, 2.45) is 0 Å². The number of para-hydroxylation sites is 4. The lowest BCUT2D eigenvalue weighted by atomic mass is 10.1. The summed E-state index contributed by atoms with van der Waals surface area (Å²) in [6.45, 7) is 7.13. The minimum atomic E-state index is -0.727. The molecule has 1 fully saturated rings. The van der Waals surface area contributed by atoms with Gasteiger partial charge in [-0.3, -0.25) is 4.79 Å². The van der Waals surface area contributed by atoms with Crippen LogP contribution in [0.5, 0.6) is 5.75 Å². The summed E-state index contributed by atoms with van der Waals surface area (Å²) in [5.41, 5.74) is 5.94. The van der Waals surface area contributed by atoms with E-state index in [1.54, 1.807) is 0 Å². The van der Waals surface area contributed by atoms with Crippen LogP contribution in [0.15, 0.2) is 66.7 Å². The zero-order valence-corrected chi connectivity index (χ0v) is 20.4. The van der Waals surface area contributed by atoms with E-state index in [9.17, 15) is 9.90 Å². The molecule has 0 radical (unpaired) electrons. The van der Waals surface area contributed by atoms with Crippen LogP contribution in [-0.4, -0.2) is 39.8 Å². The van der Waals surface area contributed by atoms with E-state index in [4.69, 9.17) is 9.72 Å². The molecule has 1 N–H and O–H groups in total. The number of anilines is 1. The Bertz CT molecular complexity index is 1360. The third-order valence-electron chi connectivity index (χ3n) is 6.80. The highest BCUT2D eigenvalue weighted by atomic mass is 16.5. The first-order chi connectivity index (χ1) is 16.9. The predicted octanol–water partition coefficient (Wildman–Crippen LogP) is 4.92. The van der Waals surface area contributed by atoms with E-state index in [1.807, 2.05) is 92.4 Å². The fourth-order valence-corrected chi connectivity index (χ4v) is 5.05. The number of rotatable bonds is 7. The highest BCUT2D eigenvalue weighted by Crippen LogP contribution is 2.34. The van der Waals surface area contributed by atoms with E-state index in [2.05, 4.69) is 4.57 Å². The van der Waals surface area contributed by atoms with Crippen molar-refractivity contribution in [1.82, 2.24) is 9.55 Å². The fraction of sp³-hybridized carbons (Fsp3) is 0.310. The molecule has 1 aromatic heterocycles. The minimum Gasteiger partial charge on any atom is -0.490 e. The Balaban J connectivity index is 1.40. The van der Waals surface area contributed by atoms with Crippen molar-refractivity contribution in [3.8, 4) is 5.75 Å². The molecule has 0 unspecified atom stereocenters. The molecular formula is C29H31N3O3. The smallest absolute Gasteiger partial charge is 0.227 e. The van der Waals surface area contributed by atoms with Crippen molar-refractivity contribution >= 4 is 22.6 Å². The number of carbonyl (C=O) groups is 1. The average Bonchev–Trinajstić information content (AvgIpc) is 3.39. The van der Waals surface area contributed by atoms with Crippen LogP contribution in [-0.2, 0) is 11.3 Å².